The van der Waals surface area contributed by atoms with Gasteiger partial charge in [0.25, 0.3) is 5.78 Å². The Labute approximate surface area is 211 Å². The van der Waals surface area contributed by atoms with Gasteiger partial charge in [-0.3, -0.25) is 14.5 Å². The van der Waals surface area contributed by atoms with E-state index < -0.39 is 23.5 Å². The Kier molecular flexibility index (Phi) is 6.28. The van der Waals surface area contributed by atoms with Crippen LogP contribution in [0.1, 0.15) is 36.1 Å². The number of aromatic nitrogens is 1. The van der Waals surface area contributed by atoms with Gasteiger partial charge in [-0.1, -0.05) is 36.5 Å². The first-order valence-corrected chi connectivity index (χ1v) is 12.4. The highest BCUT2D eigenvalue weighted by Crippen LogP contribution is 2.44. The average Bonchev–Trinajstić information content (AvgIpc) is 3.40. The van der Waals surface area contributed by atoms with Crippen LogP contribution in [0.25, 0.3) is 16.0 Å². The summed E-state index contributed by atoms with van der Waals surface area (Å²) in [5.74, 6) is -1.90. The number of fused-ring (bicyclic) bond motifs is 1. The van der Waals surface area contributed by atoms with Gasteiger partial charge in [-0.2, -0.15) is 0 Å². The molecule has 36 heavy (non-hydrogen) atoms. The molecule has 5 rings (SSSR count). The highest BCUT2D eigenvalue weighted by Gasteiger charge is 2.48. The minimum Gasteiger partial charge on any atom is -0.507 e. The van der Waals surface area contributed by atoms with Gasteiger partial charge in [0.05, 0.1) is 28.4 Å². The molecule has 4 aromatic rings. The number of halogens is 1. The number of rotatable bonds is 6. The van der Waals surface area contributed by atoms with Crippen molar-refractivity contribution in [2.24, 2.45) is 0 Å². The Bertz CT molecular complexity index is 1510. The molecular formula is C28H23FN2O4S. The van der Waals surface area contributed by atoms with Crippen molar-refractivity contribution < 1.29 is 23.8 Å². The van der Waals surface area contributed by atoms with Crippen molar-refractivity contribution >= 4 is 44.1 Å². The molecule has 0 radical (unpaired) electrons. The lowest BCUT2D eigenvalue weighted by molar-refractivity contribution is -0.132. The van der Waals surface area contributed by atoms with Gasteiger partial charge in [0.2, 0.25) is 0 Å². The Morgan fingerprint density at radius 3 is 2.64 bits per heavy atom. The summed E-state index contributed by atoms with van der Waals surface area (Å²) >= 11 is 1.30. The number of hydrogen-bond donors (Lipinski definition) is 1. The molecule has 1 aliphatic heterocycles. The van der Waals surface area contributed by atoms with E-state index in [1.165, 1.54) is 40.5 Å². The van der Waals surface area contributed by atoms with Crippen LogP contribution >= 0.6 is 11.3 Å². The first-order chi connectivity index (χ1) is 17.4. The Balaban J connectivity index is 1.70. The van der Waals surface area contributed by atoms with Crippen molar-refractivity contribution in [1.82, 2.24) is 4.98 Å². The molecule has 0 spiro atoms. The lowest BCUT2D eigenvalue weighted by atomic mass is 9.95. The predicted molar refractivity (Wildman–Crippen MR) is 138 cm³/mol. The monoisotopic (exact) mass is 502 g/mol. The largest absolute Gasteiger partial charge is 0.507 e. The van der Waals surface area contributed by atoms with E-state index in [1.54, 1.807) is 24.3 Å². The van der Waals surface area contributed by atoms with Crippen molar-refractivity contribution in [1.29, 1.82) is 0 Å². The average molecular weight is 503 g/mol. The zero-order valence-corrected chi connectivity index (χ0v) is 20.5. The fraction of sp³-hybridized carbons (Fsp3) is 0.179. The zero-order chi connectivity index (χ0) is 25.4. The molecule has 1 unspecified atom stereocenters. The van der Waals surface area contributed by atoms with Crippen molar-refractivity contribution in [2.75, 3.05) is 11.5 Å². The molecule has 6 nitrogen and oxygen atoms in total. The minimum absolute atomic E-state index is 0.0883. The molecule has 1 amide bonds. The van der Waals surface area contributed by atoms with E-state index in [4.69, 9.17) is 4.74 Å². The third-order valence-electron chi connectivity index (χ3n) is 5.95. The number of amides is 1. The number of Topliss-reactive ketones (excluding diaryl/α,β-unsaturated/α-hetero) is 1. The van der Waals surface area contributed by atoms with Crippen LogP contribution in [0, 0.1) is 12.7 Å². The smallest absolute Gasteiger partial charge is 0.301 e. The van der Waals surface area contributed by atoms with Gasteiger partial charge in [-0.15, -0.1) is 0 Å². The number of nitrogens with zero attached hydrogens (tertiary/aromatic N) is 2. The van der Waals surface area contributed by atoms with Crippen molar-refractivity contribution in [2.45, 2.75) is 26.3 Å². The second kappa shape index (κ2) is 9.54. The third-order valence-corrected chi connectivity index (χ3v) is 6.96. The minimum atomic E-state index is -0.943. The molecule has 3 aromatic carbocycles. The highest BCUT2D eigenvalue weighted by molar-refractivity contribution is 7.22. The van der Waals surface area contributed by atoms with E-state index in [9.17, 15) is 19.1 Å². The molecule has 1 aliphatic rings. The second-order valence-corrected chi connectivity index (χ2v) is 9.57. The summed E-state index contributed by atoms with van der Waals surface area (Å²) in [6, 6.07) is 17.1. The number of carbonyl (C=O) groups excluding carboxylic acids is 2. The molecular weight excluding hydrogens is 479 g/mol. The topological polar surface area (TPSA) is 79.7 Å². The van der Waals surface area contributed by atoms with E-state index >= 15 is 0 Å². The summed E-state index contributed by atoms with van der Waals surface area (Å²) in [7, 11) is 0. The van der Waals surface area contributed by atoms with Crippen molar-refractivity contribution in [3.05, 3.63) is 94.8 Å². The van der Waals surface area contributed by atoms with Crippen LogP contribution in [0.5, 0.6) is 5.75 Å². The number of aliphatic hydroxyl groups excluding tert-OH is 1. The molecule has 182 valence electrons. The van der Waals surface area contributed by atoms with Gasteiger partial charge in [0.1, 0.15) is 17.3 Å². The normalized spacial score (nSPS) is 17.2. The second-order valence-electron chi connectivity index (χ2n) is 8.56. The van der Waals surface area contributed by atoms with Gasteiger partial charge in [-0.05, 0) is 73.0 Å². The Morgan fingerprint density at radius 2 is 1.89 bits per heavy atom. The number of aryl methyl sites for hydroxylation is 1. The standard InChI is InChI=1S/C28H23FN2O4S/c1-3-13-35-20-6-4-5-18(15-20)24-23(25(32)17-8-10-19(29)11-9-17)26(33)27(34)31(24)28-30-21-12-7-16(2)14-22(21)36-28/h4-12,14-15,24,32H,3,13H2,1-2H3/b25-23+. The maximum Gasteiger partial charge on any atom is 0.301 e. The number of anilines is 1. The summed E-state index contributed by atoms with van der Waals surface area (Å²) in [5, 5.41) is 11.5. The number of benzene rings is 3. The predicted octanol–water partition coefficient (Wildman–Crippen LogP) is 6.16. The Hall–Kier alpha value is -4.04. The molecule has 1 atom stereocenters. The molecule has 0 saturated carbocycles. The molecule has 0 bridgehead atoms. The summed E-state index contributed by atoms with van der Waals surface area (Å²) in [6.45, 7) is 4.47. The van der Waals surface area contributed by atoms with Crippen LogP contribution in [-0.2, 0) is 9.59 Å². The Morgan fingerprint density at radius 1 is 1.11 bits per heavy atom. The number of aliphatic hydroxyl groups is 1. The van der Waals surface area contributed by atoms with Gasteiger partial charge in [0.15, 0.2) is 5.13 Å². The quantitative estimate of drug-likeness (QED) is 0.194. The van der Waals surface area contributed by atoms with E-state index in [1.807, 2.05) is 32.0 Å². The fourth-order valence-electron chi connectivity index (χ4n) is 4.23. The van der Waals surface area contributed by atoms with Crippen LogP contribution in [0.15, 0.2) is 72.3 Å². The maximum absolute atomic E-state index is 13.5. The summed E-state index contributed by atoms with van der Waals surface area (Å²) in [5.41, 5.74) is 2.49. The molecule has 1 N–H and O–H groups in total. The molecule has 8 heteroatoms. The van der Waals surface area contributed by atoms with Crippen LogP contribution in [0.4, 0.5) is 9.52 Å². The number of ketones is 1. The first kappa shape index (κ1) is 23.7. The highest BCUT2D eigenvalue weighted by atomic mass is 32.1. The molecule has 1 aromatic heterocycles. The lowest BCUT2D eigenvalue weighted by Crippen LogP contribution is -2.29. The molecule has 0 aliphatic carbocycles. The van der Waals surface area contributed by atoms with Crippen LogP contribution in [0.3, 0.4) is 0 Å². The van der Waals surface area contributed by atoms with Gasteiger partial charge < -0.3 is 9.84 Å². The van der Waals surface area contributed by atoms with Gasteiger partial charge in [-0.25, -0.2) is 9.37 Å². The maximum atomic E-state index is 13.5. The van der Waals surface area contributed by atoms with Crippen molar-refractivity contribution in [3.8, 4) is 5.75 Å². The summed E-state index contributed by atoms with van der Waals surface area (Å²) in [4.78, 5) is 32.7. The first-order valence-electron chi connectivity index (χ1n) is 11.5. The van der Waals surface area contributed by atoms with E-state index in [-0.39, 0.29) is 16.9 Å². The zero-order valence-electron chi connectivity index (χ0n) is 19.7. The van der Waals surface area contributed by atoms with Gasteiger partial charge >= 0.3 is 5.91 Å². The fourth-order valence-corrected chi connectivity index (χ4v) is 5.32. The molecule has 1 saturated heterocycles. The number of carbonyl (C=O) groups is 2. The summed E-state index contributed by atoms with van der Waals surface area (Å²) in [6.07, 6.45) is 0.818. The van der Waals surface area contributed by atoms with Crippen molar-refractivity contribution in [3.63, 3.8) is 0 Å². The van der Waals surface area contributed by atoms with Crippen LogP contribution < -0.4 is 9.64 Å². The van der Waals surface area contributed by atoms with E-state index in [0.717, 1.165) is 16.7 Å². The molecule has 1 fully saturated rings. The SMILES string of the molecule is CCCOc1cccc(C2/C(=C(\O)c3ccc(F)cc3)C(=O)C(=O)N2c2nc3ccc(C)cc3s2)c1. The summed E-state index contributed by atoms with van der Waals surface area (Å²) < 4.78 is 20.2. The van der Waals surface area contributed by atoms with Gasteiger partial charge in [0, 0.05) is 5.56 Å². The van der Waals surface area contributed by atoms with E-state index in [2.05, 4.69) is 4.98 Å². The molecule has 2 heterocycles. The number of hydrogen-bond acceptors (Lipinski definition) is 6. The van der Waals surface area contributed by atoms with E-state index in [0.29, 0.717) is 28.6 Å². The lowest BCUT2D eigenvalue weighted by Gasteiger charge is -2.23. The number of ether oxygens (including phenoxy) is 1. The number of thiazole rings is 1. The van der Waals surface area contributed by atoms with Crippen LogP contribution in [-0.4, -0.2) is 28.4 Å². The third kappa shape index (κ3) is 4.24. The van der Waals surface area contributed by atoms with Crippen LogP contribution in [0.2, 0.25) is 0 Å².